The van der Waals surface area contributed by atoms with Crippen molar-refractivity contribution >= 4 is 32.6 Å². The summed E-state index contributed by atoms with van der Waals surface area (Å²) in [6.45, 7) is 6.20. The lowest BCUT2D eigenvalue weighted by molar-refractivity contribution is 0.0940. The maximum atomic E-state index is 12.6. The molecule has 0 aliphatic carbocycles. The molecule has 0 fully saturated rings. The molecule has 0 aromatic heterocycles. The molecule has 1 amide bonds. The van der Waals surface area contributed by atoms with Gasteiger partial charge < -0.3 is 5.32 Å². The normalized spacial score (nSPS) is 12.2. The fourth-order valence-electron chi connectivity index (χ4n) is 2.76. The minimum absolute atomic E-state index is 0.0302. The Morgan fingerprint density at radius 2 is 1.62 bits per heavy atom. The van der Waals surface area contributed by atoms with Gasteiger partial charge in [0.1, 0.15) is 0 Å². The van der Waals surface area contributed by atoms with Crippen LogP contribution in [0.3, 0.4) is 0 Å². The molecule has 24 heavy (non-hydrogen) atoms. The van der Waals surface area contributed by atoms with Gasteiger partial charge in [0.05, 0.1) is 6.04 Å². The lowest BCUT2D eigenvalue weighted by atomic mass is 10.0. The van der Waals surface area contributed by atoms with E-state index in [0.717, 1.165) is 20.8 Å². The van der Waals surface area contributed by atoms with E-state index in [0.29, 0.717) is 5.56 Å². The van der Waals surface area contributed by atoms with E-state index < -0.39 is 0 Å². The Morgan fingerprint density at radius 3 is 2.38 bits per heavy atom. The topological polar surface area (TPSA) is 29.1 Å². The molecular formula is C21H20BrNO. The van der Waals surface area contributed by atoms with Crippen molar-refractivity contribution in [1.29, 1.82) is 0 Å². The van der Waals surface area contributed by atoms with Crippen molar-refractivity contribution in [3.63, 3.8) is 0 Å². The van der Waals surface area contributed by atoms with Gasteiger partial charge in [-0.05, 0) is 72.5 Å². The van der Waals surface area contributed by atoms with Crippen LogP contribution >= 0.6 is 15.9 Å². The van der Waals surface area contributed by atoms with E-state index in [4.69, 9.17) is 0 Å². The van der Waals surface area contributed by atoms with E-state index in [2.05, 4.69) is 59.4 Å². The Morgan fingerprint density at radius 1 is 0.917 bits per heavy atom. The summed E-state index contributed by atoms with van der Waals surface area (Å²) < 4.78 is 1.04. The highest BCUT2D eigenvalue weighted by Crippen LogP contribution is 2.22. The number of benzene rings is 3. The smallest absolute Gasteiger partial charge is 0.251 e. The highest BCUT2D eigenvalue weighted by Gasteiger charge is 2.12. The molecule has 3 aromatic carbocycles. The van der Waals surface area contributed by atoms with Gasteiger partial charge in [0.25, 0.3) is 5.91 Å². The summed E-state index contributed by atoms with van der Waals surface area (Å²) in [6, 6.07) is 18.1. The molecular weight excluding hydrogens is 362 g/mol. The first-order chi connectivity index (χ1) is 11.4. The molecule has 3 aromatic rings. The standard InChI is InChI=1S/C21H20BrNO/c1-13-4-5-16(10-14(13)2)15(3)23-21(24)19-7-6-18-12-20(22)9-8-17(18)11-19/h4-12,15H,1-3H3,(H,23,24)/t15-/m1/s1. The largest absolute Gasteiger partial charge is 0.346 e. The summed E-state index contributed by atoms with van der Waals surface area (Å²) in [5.41, 5.74) is 4.31. The molecule has 122 valence electrons. The van der Waals surface area contributed by atoms with Crippen LogP contribution in [0.2, 0.25) is 0 Å². The third kappa shape index (κ3) is 3.51. The van der Waals surface area contributed by atoms with Crippen LogP contribution in [-0.4, -0.2) is 5.91 Å². The fraction of sp³-hybridized carbons (Fsp3) is 0.190. The molecule has 0 radical (unpaired) electrons. The number of carbonyl (C=O) groups excluding carboxylic acids is 1. The van der Waals surface area contributed by atoms with Crippen LogP contribution in [0.1, 0.15) is 40.0 Å². The molecule has 0 spiro atoms. The Labute approximate surface area is 151 Å². The maximum absolute atomic E-state index is 12.6. The molecule has 0 bridgehead atoms. The molecule has 0 saturated heterocycles. The quantitative estimate of drug-likeness (QED) is 0.618. The van der Waals surface area contributed by atoms with Crippen molar-refractivity contribution in [2.75, 3.05) is 0 Å². The van der Waals surface area contributed by atoms with Gasteiger partial charge in [-0.2, -0.15) is 0 Å². The molecule has 2 nitrogen and oxygen atoms in total. The number of rotatable bonds is 3. The molecule has 0 aliphatic heterocycles. The lowest BCUT2D eigenvalue weighted by Crippen LogP contribution is -2.26. The van der Waals surface area contributed by atoms with Crippen molar-refractivity contribution in [2.24, 2.45) is 0 Å². The highest BCUT2D eigenvalue weighted by atomic mass is 79.9. The minimum Gasteiger partial charge on any atom is -0.346 e. The van der Waals surface area contributed by atoms with Gasteiger partial charge in [0.2, 0.25) is 0 Å². The monoisotopic (exact) mass is 381 g/mol. The first-order valence-electron chi connectivity index (χ1n) is 8.01. The summed E-state index contributed by atoms with van der Waals surface area (Å²) in [5, 5.41) is 5.26. The Balaban J connectivity index is 1.81. The Bertz CT molecular complexity index is 917. The number of halogens is 1. The molecule has 0 saturated carbocycles. The van der Waals surface area contributed by atoms with Gasteiger partial charge in [-0.25, -0.2) is 0 Å². The number of hydrogen-bond acceptors (Lipinski definition) is 1. The third-order valence-electron chi connectivity index (χ3n) is 4.44. The second-order valence-electron chi connectivity index (χ2n) is 6.25. The first kappa shape index (κ1) is 16.7. The molecule has 0 heterocycles. The predicted octanol–water partition coefficient (Wildman–Crippen LogP) is 5.71. The van der Waals surface area contributed by atoms with Crippen molar-refractivity contribution in [2.45, 2.75) is 26.8 Å². The van der Waals surface area contributed by atoms with E-state index in [9.17, 15) is 4.79 Å². The van der Waals surface area contributed by atoms with Gasteiger partial charge in [0, 0.05) is 10.0 Å². The van der Waals surface area contributed by atoms with Crippen molar-refractivity contribution in [1.82, 2.24) is 5.32 Å². The number of nitrogens with one attached hydrogen (secondary N) is 1. The SMILES string of the molecule is Cc1ccc([C@@H](C)NC(=O)c2ccc3cc(Br)ccc3c2)cc1C. The predicted molar refractivity (Wildman–Crippen MR) is 103 cm³/mol. The number of aryl methyl sites for hydroxylation is 2. The van der Waals surface area contributed by atoms with E-state index in [1.165, 1.54) is 11.1 Å². The minimum atomic E-state index is -0.0504. The van der Waals surface area contributed by atoms with Gasteiger partial charge in [-0.3, -0.25) is 4.79 Å². The second kappa shape index (κ2) is 6.78. The zero-order chi connectivity index (χ0) is 17.3. The summed E-state index contributed by atoms with van der Waals surface area (Å²) in [5.74, 6) is -0.0504. The van der Waals surface area contributed by atoms with Crippen LogP contribution in [-0.2, 0) is 0 Å². The molecule has 3 rings (SSSR count). The number of hydrogen-bond donors (Lipinski definition) is 1. The van der Waals surface area contributed by atoms with E-state index in [1.807, 2.05) is 37.3 Å². The van der Waals surface area contributed by atoms with Crippen molar-refractivity contribution in [3.8, 4) is 0 Å². The average molecular weight is 382 g/mol. The van der Waals surface area contributed by atoms with Crippen LogP contribution < -0.4 is 5.32 Å². The molecule has 0 unspecified atom stereocenters. The van der Waals surface area contributed by atoms with E-state index in [1.54, 1.807) is 0 Å². The lowest BCUT2D eigenvalue weighted by Gasteiger charge is -2.16. The zero-order valence-electron chi connectivity index (χ0n) is 14.1. The number of carbonyl (C=O) groups is 1. The van der Waals surface area contributed by atoms with Crippen LogP contribution in [0.25, 0.3) is 10.8 Å². The van der Waals surface area contributed by atoms with Crippen LogP contribution in [0.4, 0.5) is 0 Å². The fourth-order valence-corrected chi connectivity index (χ4v) is 3.13. The summed E-state index contributed by atoms with van der Waals surface area (Å²) in [7, 11) is 0. The van der Waals surface area contributed by atoms with Gasteiger partial charge >= 0.3 is 0 Å². The Hall–Kier alpha value is -2.13. The molecule has 1 atom stereocenters. The summed E-state index contributed by atoms with van der Waals surface area (Å²) in [6.07, 6.45) is 0. The first-order valence-corrected chi connectivity index (χ1v) is 8.80. The number of fused-ring (bicyclic) bond motifs is 1. The van der Waals surface area contributed by atoms with Crippen LogP contribution in [0.15, 0.2) is 59.1 Å². The number of amides is 1. The average Bonchev–Trinajstić information content (AvgIpc) is 2.56. The summed E-state index contributed by atoms with van der Waals surface area (Å²) in [4.78, 5) is 12.6. The van der Waals surface area contributed by atoms with Gasteiger partial charge in [0.15, 0.2) is 0 Å². The van der Waals surface area contributed by atoms with Gasteiger partial charge in [-0.15, -0.1) is 0 Å². The molecule has 0 aliphatic rings. The van der Waals surface area contributed by atoms with Crippen LogP contribution in [0.5, 0.6) is 0 Å². The van der Waals surface area contributed by atoms with Gasteiger partial charge in [-0.1, -0.05) is 46.3 Å². The second-order valence-corrected chi connectivity index (χ2v) is 7.16. The van der Waals surface area contributed by atoms with Crippen molar-refractivity contribution < 1.29 is 4.79 Å². The zero-order valence-corrected chi connectivity index (χ0v) is 15.6. The Kier molecular flexibility index (Phi) is 4.72. The van der Waals surface area contributed by atoms with Crippen LogP contribution in [0, 0.1) is 13.8 Å². The van der Waals surface area contributed by atoms with E-state index in [-0.39, 0.29) is 11.9 Å². The highest BCUT2D eigenvalue weighted by molar-refractivity contribution is 9.10. The maximum Gasteiger partial charge on any atom is 0.251 e. The van der Waals surface area contributed by atoms with E-state index >= 15 is 0 Å². The molecule has 3 heteroatoms. The third-order valence-corrected chi connectivity index (χ3v) is 4.94. The van der Waals surface area contributed by atoms with Crippen molar-refractivity contribution in [3.05, 3.63) is 81.3 Å². The molecule has 1 N–H and O–H groups in total. The summed E-state index contributed by atoms with van der Waals surface area (Å²) >= 11 is 3.47.